The molecule has 2 atom stereocenters. The number of amides is 2. The Labute approximate surface area is 155 Å². The summed E-state index contributed by atoms with van der Waals surface area (Å²) in [6.07, 6.45) is 3.09. The first-order valence-electron chi connectivity index (χ1n) is 9.26. The zero-order valence-corrected chi connectivity index (χ0v) is 15.3. The maximum absolute atomic E-state index is 12.9. The molecule has 0 saturated carbocycles. The van der Waals surface area contributed by atoms with Gasteiger partial charge in [-0.2, -0.15) is 0 Å². The van der Waals surface area contributed by atoms with Crippen LogP contribution < -0.4 is 0 Å². The molecule has 5 rings (SSSR count). The first-order valence-corrected chi connectivity index (χ1v) is 10.1. The lowest BCUT2D eigenvalue weighted by molar-refractivity contribution is -0.181. The van der Waals surface area contributed by atoms with Gasteiger partial charge in [0, 0.05) is 32.4 Å². The molecule has 3 fully saturated rings. The molecule has 1 spiro atoms. The molecule has 0 bridgehead atoms. The number of para-hydroxylation sites is 1. The highest BCUT2D eigenvalue weighted by atomic mass is 32.1. The fraction of sp³-hybridized carbons (Fsp3) is 0.526. The summed E-state index contributed by atoms with van der Waals surface area (Å²) in [7, 11) is 0. The van der Waals surface area contributed by atoms with Gasteiger partial charge in [-0.25, -0.2) is 4.98 Å². The van der Waals surface area contributed by atoms with Crippen molar-refractivity contribution in [3.05, 3.63) is 29.3 Å². The van der Waals surface area contributed by atoms with Gasteiger partial charge in [0.1, 0.15) is 0 Å². The van der Waals surface area contributed by atoms with Crippen molar-refractivity contribution in [3.63, 3.8) is 0 Å². The predicted molar refractivity (Wildman–Crippen MR) is 97.7 cm³/mol. The number of thiazole rings is 1. The van der Waals surface area contributed by atoms with Crippen molar-refractivity contribution in [1.82, 2.24) is 14.8 Å². The van der Waals surface area contributed by atoms with Crippen molar-refractivity contribution in [1.29, 1.82) is 0 Å². The van der Waals surface area contributed by atoms with E-state index in [4.69, 9.17) is 4.74 Å². The Morgan fingerprint density at radius 2 is 2.23 bits per heavy atom. The number of nitrogens with zero attached hydrogens (tertiary/aromatic N) is 3. The zero-order chi connectivity index (χ0) is 17.7. The number of likely N-dealkylation sites (tertiary alicyclic amines) is 1. The zero-order valence-electron chi connectivity index (χ0n) is 14.5. The van der Waals surface area contributed by atoms with Gasteiger partial charge in [0.15, 0.2) is 5.72 Å². The van der Waals surface area contributed by atoms with Crippen molar-refractivity contribution in [2.45, 2.75) is 43.9 Å². The predicted octanol–water partition coefficient (Wildman–Crippen LogP) is 2.18. The van der Waals surface area contributed by atoms with E-state index in [1.807, 2.05) is 28.0 Å². The number of hydrogen-bond donors (Lipinski definition) is 0. The molecule has 0 unspecified atom stereocenters. The summed E-state index contributed by atoms with van der Waals surface area (Å²) in [5, 5.41) is 0.992. The van der Waals surface area contributed by atoms with E-state index in [1.165, 1.54) is 0 Å². The standard InChI is InChI=1S/C19H21N3O3S/c23-17(7-6-16-20-13-4-1-2-5-14(13)26-16)21-10-8-19-15(21)12-18(24)22(19)9-3-11-25-19/h1-2,4-5,15H,3,6-12H2/t15-,19+/m1/s1. The Kier molecular flexibility index (Phi) is 3.76. The van der Waals surface area contributed by atoms with Gasteiger partial charge in [0.2, 0.25) is 11.8 Å². The number of hydrogen-bond acceptors (Lipinski definition) is 5. The highest BCUT2D eigenvalue weighted by Crippen LogP contribution is 2.45. The molecule has 3 aliphatic heterocycles. The Hall–Kier alpha value is -1.99. The molecule has 1 aromatic carbocycles. The maximum Gasteiger partial charge on any atom is 0.227 e. The Balaban J connectivity index is 1.29. The Morgan fingerprint density at radius 3 is 3.12 bits per heavy atom. The molecule has 0 aliphatic carbocycles. The van der Waals surface area contributed by atoms with E-state index in [0.29, 0.717) is 32.4 Å². The molecule has 26 heavy (non-hydrogen) atoms. The summed E-state index contributed by atoms with van der Waals surface area (Å²) in [5.74, 6) is 0.230. The summed E-state index contributed by atoms with van der Waals surface area (Å²) in [6, 6.07) is 7.92. The van der Waals surface area contributed by atoms with Crippen LogP contribution in [0.4, 0.5) is 0 Å². The van der Waals surface area contributed by atoms with Crippen LogP contribution >= 0.6 is 11.3 Å². The van der Waals surface area contributed by atoms with Gasteiger partial charge in [-0.05, 0) is 18.6 Å². The smallest absolute Gasteiger partial charge is 0.227 e. The number of fused-ring (bicyclic) bond motifs is 1. The van der Waals surface area contributed by atoms with Crippen molar-refractivity contribution in [2.75, 3.05) is 19.7 Å². The van der Waals surface area contributed by atoms with Crippen LogP contribution in [0.15, 0.2) is 24.3 Å². The van der Waals surface area contributed by atoms with Crippen LogP contribution in [0.5, 0.6) is 0 Å². The molecule has 6 nitrogen and oxygen atoms in total. The highest BCUT2D eigenvalue weighted by Gasteiger charge is 2.61. The maximum atomic E-state index is 12.9. The highest BCUT2D eigenvalue weighted by molar-refractivity contribution is 7.18. The number of ether oxygens (including phenoxy) is 1. The van der Waals surface area contributed by atoms with E-state index in [1.54, 1.807) is 11.3 Å². The summed E-state index contributed by atoms with van der Waals surface area (Å²) in [4.78, 5) is 33.6. The summed E-state index contributed by atoms with van der Waals surface area (Å²) in [5.41, 5.74) is 0.439. The van der Waals surface area contributed by atoms with Gasteiger partial charge >= 0.3 is 0 Å². The molecule has 7 heteroatoms. The number of aromatic nitrogens is 1. The third-order valence-electron chi connectivity index (χ3n) is 5.82. The lowest BCUT2D eigenvalue weighted by atomic mass is 10.0. The van der Waals surface area contributed by atoms with Crippen LogP contribution in [0, 0.1) is 0 Å². The number of carbonyl (C=O) groups is 2. The first-order chi connectivity index (χ1) is 12.7. The van der Waals surface area contributed by atoms with E-state index in [9.17, 15) is 9.59 Å². The SMILES string of the molecule is O=C(CCc1nc2ccccc2s1)N1CC[C@@]23OCCCN2C(=O)C[C@@H]13. The van der Waals surface area contributed by atoms with Crippen LogP contribution in [-0.4, -0.2) is 58.1 Å². The Bertz CT molecular complexity index is 849. The normalized spacial score (nSPS) is 27.8. The van der Waals surface area contributed by atoms with Gasteiger partial charge in [-0.15, -0.1) is 11.3 Å². The molecular formula is C19H21N3O3S. The largest absolute Gasteiger partial charge is 0.353 e. The fourth-order valence-corrected chi connectivity index (χ4v) is 5.60. The molecule has 0 N–H and O–H groups in total. The van der Waals surface area contributed by atoms with Gasteiger partial charge in [0.25, 0.3) is 0 Å². The van der Waals surface area contributed by atoms with Gasteiger partial charge in [0.05, 0.1) is 34.3 Å². The number of rotatable bonds is 3. The molecule has 1 aromatic heterocycles. The second-order valence-electron chi connectivity index (χ2n) is 7.22. The molecule has 136 valence electrons. The summed E-state index contributed by atoms with van der Waals surface area (Å²) < 4.78 is 7.22. The van der Waals surface area contributed by atoms with E-state index in [-0.39, 0.29) is 17.9 Å². The average molecular weight is 371 g/mol. The minimum Gasteiger partial charge on any atom is -0.353 e. The van der Waals surface area contributed by atoms with Crippen molar-refractivity contribution in [3.8, 4) is 0 Å². The molecule has 2 amide bonds. The van der Waals surface area contributed by atoms with Crippen molar-refractivity contribution < 1.29 is 14.3 Å². The minimum atomic E-state index is -0.555. The Morgan fingerprint density at radius 1 is 1.35 bits per heavy atom. The monoisotopic (exact) mass is 371 g/mol. The first kappa shape index (κ1) is 16.2. The van der Waals surface area contributed by atoms with E-state index in [2.05, 4.69) is 11.1 Å². The molecular weight excluding hydrogens is 350 g/mol. The van der Waals surface area contributed by atoms with Crippen LogP contribution in [0.2, 0.25) is 0 Å². The average Bonchev–Trinajstić information content (AvgIpc) is 3.29. The van der Waals surface area contributed by atoms with Crippen LogP contribution in [-0.2, 0) is 20.7 Å². The van der Waals surface area contributed by atoms with Crippen molar-refractivity contribution >= 4 is 33.4 Å². The third-order valence-corrected chi connectivity index (χ3v) is 6.92. The van der Waals surface area contributed by atoms with E-state index in [0.717, 1.165) is 34.6 Å². The van der Waals surface area contributed by atoms with E-state index >= 15 is 0 Å². The molecule has 3 aliphatic rings. The van der Waals surface area contributed by atoms with Crippen molar-refractivity contribution in [2.24, 2.45) is 0 Å². The fourth-order valence-electron chi connectivity index (χ4n) is 4.63. The van der Waals surface area contributed by atoms with E-state index < -0.39 is 5.72 Å². The lowest BCUT2D eigenvalue weighted by Crippen LogP contribution is -2.56. The van der Waals surface area contributed by atoms with Crippen LogP contribution in [0.1, 0.15) is 30.7 Å². The third kappa shape index (κ3) is 2.37. The molecule has 3 saturated heterocycles. The van der Waals surface area contributed by atoms with Gasteiger partial charge in [-0.3, -0.25) is 9.59 Å². The van der Waals surface area contributed by atoms with Crippen LogP contribution in [0.25, 0.3) is 10.2 Å². The van der Waals surface area contributed by atoms with Gasteiger partial charge in [-0.1, -0.05) is 12.1 Å². The lowest BCUT2D eigenvalue weighted by Gasteiger charge is -2.42. The number of benzene rings is 1. The second-order valence-corrected chi connectivity index (χ2v) is 8.34. The second kappa shape index (κ2) is 6.03. The molecule has 0 radical (unpaired) electrons. The minimum absolute atomic E-state index is 0.106. The number of aryl methyl sites for hydroxylation is 1. The summed E-state index contributed by atoms with van der Waals surface area (Å²) in [6.45, 7) is 2.10. The van der Waals surface area contributed by atoms with Gasteiger partial charge < -0.3 is 14.5 Å². The molecule has 4 heterocycles. The topological polar surface area (TPSA) is 62.7 Å². The summed E-state index contributed by atoms with van der Waals surface area (Å²) >= 11 is 1.65. The quantitative estimate of drug-likeness (QED) is 0.830. The van der Waals surface area contributed by atoms with Crippen LogP contribution in [0.3, 0.4) is 0 Å². The molecule has 2 aromatic rings. The number of carbonyl (C=O) groups excluding carboxylic acids is 2.